The van der Waals surface area contributed by atoms with E-state index in [9.17, 15) is 9.59 Å². The van der Waals surface area contributed by atoms with Gasteiger partial charge in [-0.1, -0.05) is 75.0 Å². The number of carbonyl (C=O) groups excluding carboxylic acids is 2. The van der Waals surface area contributed by atoms with Crippen molar-refractivity contribution in [1.82, 2.24) is 4.90 Å². The van der Waals surface area contributed by atoms with Crippen molar-refractivity contribution in [3.8, 4) is 5.75 Å². The molecule has 1 heterocycles. The van der Waals surface area contributed by atoms with Crippen molar-refractivity contribution in [2.45, 2.75) is 13.2 Å². The molecule has 0 aromatic heterocycles. The molecule has 3 aromatic carbocycles. The second-order valence-electron chi connectivity index (χ2n) is 7.03. The molecular formula is C24H15BrCl3NO3S. The van der Waals surface area contributed by atoms with Crippen LogP contribution in [0.3, 0.4) is 0 Å². The SMILES string of the molecule is O=C1S/C(=C/c2cc(Br)ccc2OCc2ccccc2Cl)C(=O)N1Cc1c(Cl)cccc1Cl. The Morgan fingerprint density at radius 1 is 0.939 bits per heavy atom. The van der Waals surface area contributed by atoms with Crippen LogP contribution in [0.5, 0.6) is 5.75 Å². The predicted octanol–water partition coefficient (Wildman–Crippen LogP) is 8.22. The molecule has 33 heavy (non-hydrogen) atoms. The summed E-state index contributed by atoms with van der Waals surface area (Å²) in [7, 11) is 0. The van der Waals surface area contributed by atoms with Gasteiger partial charge in [-0.05, 0) is 54.2 Å². The second-order valence-corrected chi connectivity index (χ2v) is 10.2. The Morgan fingerprint density at radius 2 is 1.64 bits per heavy atom. The summed E-state index contributed by atoms with van der Waals surface area (Å²) in [5.74, 6) is 0.136. The molecule has 168 valence electrons. The summed E-state index contributed by atoms with van der Waals surface area (Å²) in [4.78, 5) is 27.0. The largest absolute Gasteiger partial charge is 0.488 e. The number of carbonyl (C=O) groups is 2. The first-order valence-electron chi connectivity index (χ1n) is 9.67. The van der Waals surface area contributed by atoms with Gasteiger partial charge in [0.25, 0.3) is 11.1 Å². The molecule has 4 nitrogen and oxygen atoms in total. The Bertz CT molecular complexity index is 1260. The minimum absolute atomic E-state index is 0.00510. The summed E-state index contributed by atoms with van der Waals surface area (Å²) in [6, 6.07) is 17.9. The molecule has 0 N–H and O–H groups in total. The number of amides is 2. The van der Waals surface area contributed by atoms with Gasteiger partial charge in [0, 0.05) is 36.2 Å². The van der Waals surface area contributed by atoms with E-state index in [1.165, 1.54) is 0 Å². The molecule has 1 fully saturated rings. The molecule has 0 atom stereocenters. The minimum atomic E-state index is -0.419. The molecule has 1 saturated heterocycles. The highest BCUT2D eigenvalue weighted by Crippen LogP contribution is 2.37. The molecule has 0 radical (unpaired) electrons. The van der Waals surface area contributed by atoms with Crippen LogP contribution >= 0.6 is 62.5 Å². The molecule has 0 unspecified atom stereocenters. The normalized spacial score (nSPS) is 14.9. The van der Waals surface area contributed by atoms with E-state index in [-0.39, 0.29) is 18.1 Å². The maximum atomic E-state index is 13.0. The Balaban J connectivity index is 1.58. The van der Waals surface area contributed by atoms with Crippen molar-refractivity contribution in [3.63, 3.8) is 0 Å². The maximum Gasteiger partial charge on any atom is 0.293 e. The van der Waals surface area contributed by atoms with E-state index in [1.54, 1.807) is 36.4 Å². The Hall–Kier alpha value is -1.96. The fraction of sp³-hybridized carbons (Fsp3) is 0.0833. The van der Waals surface area contributed by atoms with Crippen molar-refractivity contribution < 1.29 is 14.3 Å². The first kappa shape index (κ1) is 24.2. The Kier molecular flexibility index (Phi) is 7.72. The summed E-state index contributed by atoms with van der Waals surface area (Å²) >= 11 is 23.0. The number of nitrogens with zero attached hydrogens (tertiary/aromatic N) is 1. The van der Waals surface area contributed by atoms with E-state index in [1.807, 2.05) is 30.3 Å². The number of thioether (sulfide) groups is 1. The lowest BCUT2D eigenvalue weighted by molar-refractivity contribution is -0.123. The van der Waals surface area contributed by atoms with Crippen LogP contribution in [0.4, 0.5) is 4.79 Å². The van der Waals surface area contributed by atoms with Gasteiger partial charge in [-0.15, -0.1) is 0 Å². The zero-order valence-corrected chi connectivity index (χ0v) is 21.5. The molecule has 0 bridgehead atoms. The van der Waals surface area contributed by atoms with Gasteiger partial charge in [0.15, 0.2) is 0 Å². The summed E-state index contributed by atoms with van der Waals surface area (Å²) in [5.41, 5.74) is 2.01. The van der Waals surface area contributed by atoms with Gasteiger partial charge in [0.1, 0.15) is 12.4 Å². The first-order valence-corrected chi connectivity index (χ1v) is 12.4. The standard InChI is InChI=1S/C24H15BrCl3NO3S/c25-16-8-9-21(32-13-14-4-1-2-5-18(14)26)15(10-16)11-22-23(30)29(24(31)33-22)12-17-19(27)6-3-7-20(17)28/h1-11H,12-13H2/b22-11+. The van der Waals surface area contributed by atoms with E-state index in [0.29, 0.717) is 31.9 Å². The van der Waals surface area contributed by atoms with Crippen molar-refractivity contribution in [2.24, 2.45) is 0 Å². The molecule has 2 amide bonds. The topological polar surface area (TPSA) is 46.6 Å². The van der Waals surface area contributed by atoms with Gasteiger partial charge >= 0.3 is 0 Å². The van der Waals surface area contributed by atoms with Gasteiger partial charge in [-0.25, -0.2) is 0 Å². The monoisotopic (exact) mass is 581 g/mol. The van der Waals surface area contributed by atoms with Crippen LogP contribution in [-0.2, 0) is 17.9 Å². The summed E-state index contributed by atoms with van der Waals surface area (Å²) in [6.07, 6.45) is 1.64. The number of benzene rings is 3. The number of ether oxygens (including phenoxy) is 1. The molecule has 1 aliphatic heterocycles. The molecule has 4 rings (SSSR count). The quantitative estimate of drug-likeness (QED) is 0.274. The molecular weight excluding hydrogens is 569 g/mol. The highest BCUT2D eigenvalue weighted by Gasteiger charge is 2.36. The van der Waals surface area contributed by atoms with E-state index in [4.69, 9.17) is 39.5 Å². The van der Waals surface area contributed by atoms with Crippen LogP contribution in [0.25, 0.3) is 6.08 Å². The second kappa shape index (κ2) is 10.5. The van der Waals surface area contributed by atoms with Crippen LogP contribution < -0.4 is 4.74 Å². The Labute approximate surface area is 218 Å². The highest BCUT2D eigenvalue weighted by molar-refractivity contribution is 9.10. The molecule has 0 spiro atoms. The van der Waals surface area contributed by atoms with Crippen LogP contribution in [0.1, 0.15) is 16.7 Å². The lowest BCUT2D eigenvalue weighted by Gasteiger charge is -2.15. The van der Waals surface area contributed by atoms with Crippen molar-refractivity contribution >= 4 is 79.7 Å². The molecule has 1 aliphatic rings. The van der Waals surface area contributed by atoms with Crippen molar-refractivity contribution in [1.29, 1.82) is 0 Å². The number of hydrogen-bond donors (Lipinski definition) is 0. The van der Waals surface area contributed by atoms with E-state index in [0.717, 1.165) is 26.7 Å². The van der Waals surface area contributed by atoms with Gasteiger partial charge in [0.05, 0.1) is 11.4 Å². The summed E-state index contributed by atoms with van der Waals surface area (Å²) in [6.45, 7) is 0.253. The third-order valence-electron chi connectivity index (χ3n) is 4.85. The average Bonchev–Trinajstić information content (AvgIpc) is 3.04. The fourth-order valence-corrected chi connectivity index (χ4v) is 5.07. The maximum absolute atomic E-state index is 13.0. The third-order valence-corrected chi connectivity index (χ3v) is 7.33. The first-order chi connectivity index (χ1) is 15.8. The zero-order valence-electron chi connectivity index (χ0n) is 16.9. The van der Waals surface area contributed by atoms with Crippen molar-refractivity contribution in [2.75, 3.05) is 0 Å². The molecule has 0 saturated carbocycles. The number of hydrogen-bond acceptors (Lipinski definition) is 4. The molecule has 0 aliphatic carbocycles. The van der Waals surface area contributed by atoms with Gasteiger partial charge in [0.2, 0.25) is 0 Å². The highest BCUT2D eigenvalue weighted by atomic mass is 79.9. The van der Waals surface area contributed by atoms with Crippen LogP contribution in [0, 0.1) is 0 Å². The third kappa shape index (κ3) is 5.58. The lowest BCUT2D eigenvalue weighted by Crippen LogP contribution is -2.27. The minimum Gasteiger partial charge on any atom is -0.488 e. The van der Waals surface area contributed by atoms with E-state index < -0.39 is 11.1 Å². The van der Waals surface area contributed by atoms with Crippen LogP contribution in [0.15, 0.2) is 70.0 Å². The lowest BCUT2D eigenvalue weighted by atomic mass is 10.1. The summed E-state index contributed by atoms with van der Waals surface area (Å²) < 4.78 is 6.79. The van der Waals surface area contributed by atoms with Crippen molar-refractivity contribution in [3.05, 3.63) is 102 Å². The van der Waals surface area contributed by atoms with E-state index >= 15 is 0 Å². The number of imide groups is 1. The van der Waals surface area contributed by atoms with Crippen LogP contribution in [0.2, 0.25) is 15.1 Å². The number of halogens is 4. The van der Waals surface area contributed by atoms with Gasteiger partial charge in [-0.2, -0.15) is 0 Å². The van der Waals surface area contributed by atoms with Gasteiger partial charge in [-0.3, -0.25) is 14.5 Å². The molecule has 9 heteroatoms. The van der Waals surface area contributed by atoms with E-state index in [2.05, 4.69) is 15.9 Å². The summed E-state index contributed by atoms with van der Waals surface area (Å²) in [5, 5.41) is 1.01. The zero-order chi connectivity index (χ0) is 23.5. The number of rotatable bonds is 6. The Morgan fingerprint density at radius 3 is 2.36 bits per heavy atom. The average molecular weight is 584 g/mol. The smallest absolute Gasteiger partial charge is 0.293 e. The predicted molar refractivity (Wildman–Crippen MR) is 138 cm³/mol. The fourth-order valence-electron chi connectivity index (χ4n) is 3.15. The van der Waals surface area contributed by atoms with Crippen LogP contribution in [-0.4, -0.2) is 16.0 Å². The van der Waals surface area contributed by atoms with Gasteiger partial charge < -0.3 is 4.74 Å². The molecule has 3 aromatic rings.